The third-order valence-corrected chi connectivity index (χ3v) is 7.06. The summed E-state index contributed by atoms with van der Waals surface area (Å²) in [6.07, 6.45) is 1.81. The van der Waals surface area contributed by atoms with Crippen molar-refractivity contribution in [2.75, 3.05) is 4.90 Å². The van der Waals surface area contributed by atoms with Crippen molar-refractivity contribution in [3.05, 3.63) is 105 Å². The van der Waals surface area contributed by atoms with Gasteiger partial charge in [0, 0.05) is 38.4 Å². The van der Waals surface area contributed by atoms with Crippen LogP contribution in [0.3, 0.4) is 0 Å². The average molecular weight is 501 g/mol. The van der Waals surface area contributed by atoms with Gasteiger partial charge in [-0.05, 0) is 49.2 Å². The van der Waals surface area contributed by atoms with E-state index in [-0.39, 0.29) is 11.3 Å². The monoisotopic (exact) mass is 500 g/mol. The highest BCUT2D eigenvalue weighted by molar-refractivity contribution is 9.10. The van der Waals surface area contributed by atoms with Crippen LogP contribution in [0.1, 0.15) is 28.3 Å². The SMILES string of the molecule is Cc1cc(/C(O)=C2\C(=O)C(=O)N(c3ccccc3C)C2c2c[nH]c3ccccc23)ccc1Br. The number of hydrogen-bond donors (Lipinski definition) is 2. The smallest absolute Gasteiger partial charge is 0.300 e. The second-order valence-electron chi connectivity index (χ2n) is 8.21. The summed E-state index contributed by atoms with van der Waals surface area (Å²) in [4.78, 5) is 31.5. The molecule has 1 aromatic heterocycles. The van der Waals surface area contributed by atoms with Crippen molar-refractivity contribution in [2.24, 2.45) is 0 Å². The molecule has 1 atom stereocenters. The average Bonchev–Trinajstić information content (AvgIpc) is 3.34. The molecule has 2 heterocycles. The molecule has 0 aliphatic carbocycles. The fourth-order valence-electron chi connectivity index (χ4n) is 4.48. The van der Waals surface area contributed by atoms with Gasteiger partial charge in [-0.2, -0.15) is 0 Å². The molecular weight excluding hydrogens is 480 g/mol. The Kier molecular flexibility index (Phi) is 5.17. The Morgan fingerprint density at radius 2 is 1.70 bits per heavy atom. The lowest BCUT2D eigenvalue weighted by Crippen LogP contribution is -2.30. The molecule has 4 aromatic rings. The minimum Gasteiger partial charge on any atom is -0.507 e. The van der Waals surface area contributed by atoms with Crippen LogP contribution in [0, 0.1) is 13.8 Å². The number of H-pyrrole nitrogens is 1. The lowest BCUT2D eigenvalue weighted by molar-refractivity contribution is -0.132. The van der Waals surface area contributed by atoms with Gasteiger partial charge in [-0.1, -0.05) is 58.4 Å². The first-order valence-electron chi connectivity index (χ1n) is 10.6. The summed E-state index contributed by atoms with van der Waals surface area (Å²) in [5.41, 5.74) is 4.63. The number of aromatic nitrogens is 1. The van der Waals surface area contributed by atoms with Crippen molar-refractivity contribution >= 4 is 50.0 Å². The Hall–Kier alpha value is -3.64. The highest BCUT2D eigenvalue weighted by atomic mass is 79.9. The van der Waals surface area contributed by atoms with Gasteiger partial charge < -0.3 is 10.1 Å². The summed E-state index contributed by atoms with van der Waals surface area (Å²) in [7, 11) is 0. The van der Waals surface area contributed by atoms with Gasteiger partial charge in [-0.15, -0.1) is 0 Å². The molecule has 5 rings (SSSR count). The number of nitrogens with zero attached hydrogens (tertiary/aromatic N) is 1. The topological polar surface area (TPSA) is 73.4 Å². The predicted molar refractivity (Wildman–Crippen MR) is 133 cm³/mol. The Morgan fingerprint density at radius 1 is 0.970 bits per heavy atom. The largest absolute Gasteiger partial charge is 0.507 e. The van der Waals surface area contributed by atoms with Gasteiger partial charge in [0.1, 0.15) is 5.76 Å². The second kappa shape index (κ2) is 8.05. The molecule has 1 fully saturated rings. The maximum atomic E-state index is 13.4. The molecule has 1 aliphatic rings. The normalized spacial score (nSPS) is 17.8. The fraction of sp³-hybridized carbons (Fsp3) is 0.111. The molecule has 6 heteroatoms. The number of fused-ring (bicyclic) bond motifs is 1. The van der Waals surface area contributed by atoms with E-state index in [4.69, 9.17) is 0 Å². The third kappa shape index (κ3) is 3.38. The zero-order valence-electron chi connectivity index (χ0n) is 18.1. The van der Waals surface area contributed by atoms with E-state index in [1.54, 1.807) is 12.1 Å². The first kappa shape index (κ1) is 21.2. The molecule has 33 heavy (non-hydrogen) atoms. The van der Waals surface area contributed by atoms with Crippen LogP contribution in [-0.4, -0.2) is 21.8 Å². The molecule has 1 amide bonds. The van der Waals surface area contributed by atoms with E-state index in [0.717, 1.165) is 32.1 Å². The van der Waals surface area contributed by atoms with Crippen molar-refractivity contribution in [3.8, 4) is 0 Å². The molecule has 1 unspecified atom stereocenters. The van der Waals surface area contributed by atoms with E-state index in [2.05, 4.69) is 20.9 Å². The van der Waals surface area contributed by atoms with E-state index in [9.17, 15) is 14.7 Å². The van der Waals surface area contributed by atoms with Crippen molar-refractivity contribution in [2.45, 2.75) is 19.9 Å². The highest BCUT2D eigenvalue weighted by Gasteiger charge is 2.48. The summed E-state index contributed by atoms with van der Waals surface area (Å²) in [6, 6.07) is 19.8. The molecule has 1 saturated heterocycles. The van der Waals surface area contributed by atoms with Crippen LogP contribution >= 0.6 is 15.9 Å². The van der Waals surface area contributed by atoms with Gasteiger partial charge in [0.05, 0.1) is 11.6 Å². The summed E-state index contributed by atoms with van der Waals surface area (Å²) in [6.45, 7) is 3.81. The number of nitrogens with one attached hydrogen (secondary N) is 1. The van der Waals surface area contributed by atoms with Gasteiger partial charge >= 0.3 is 0 Å². The number of ketones is 1. The molecule has 5 nitrogen and oxygen atoms in total. The van der Waals surface area contributed by atoms with Crippen molar-refractivity contribution in [1.29, 1.82) is 0 Å². The van der Waals surface area contributed by atoms with Gasteiger partial charge in [0.25, 0.3) is 11.7 Å². The van der Waals surface area contributed by atoms with Crippen molar-refractivity contribution in [3.63, 3.8) is 0 Å². The number of aliphatic hydroxyl groups excluding tert-OH is 1. The number of halogens is 1. The van der Waals surface area contributed by atoms with Crippen molar-refractivity contribution in [1.82, 2.24) is 4.98 Å². The minimum atomic E-state index is -0.772. The van der Waals surface area contributed by atoms with E-state index < -0.39 is 17.7 Å². The number of hydrogen-bond acceptors (Lipinski definition) is 3. The minimum absolute atomic E-state index is 0.0785. The van der Waals surface area contributed by atoms with Gasteiger partial charge in [-0.25, -0.2) is 0 Å². The number of carbonyl (C=O) groups is 2. The van der Waals surface area contributed by atoms with Crippen LogP contribution < -0.4 is 4.90 Å². The number of para-hydroxylation sites is 2. The maximum Gasteiger partial charge on any atom is 0.300 e. The number of rotatable bonds is 3. The predicted octanol–water partition coefficient (Wildman–Crippen LogP) is 6.17. The van der Waals surface area contributed by atoms with Crippen LogP contribution in [0.4, 0.5) is 5.69 Å². The maximum absolute atomic E-state index is 13.4. The zero-order valence-corrected chi connectivity index (χ0v) is 19.7. The molecule has 0 bridgehead atoms. The lowest BCUT2D eigenvalue weighted by Gasteiger charge is -2.26. The molecular formula is C27H21BrN2O3. The van der Waals surface area contributed by atoms with Crippen LogP contribution in [0.25, 0.3) is 16.7 Å². The Bertz CT molecular complexity index is 1470. The molecule has 1 aliphatic heterocycles. The van der Waals surface area contributed by atoms with E-state index in [1.165, 1.54) is 4.90 Å². The Morgan fingerprint density at radius 3 is 2.45 bits per heavy atom. The Labute approximate surface area is 199 Å². The summed E-state index contributed by atoms with van der Waals surface area (Å²) in [5, 5.41) is 12.2. The number of carbonyl (C=O) groups excluding carboxylic acids is 2. The number of aliphatic hydroxyl groups is 1. The lowest BCUT2D eigenvalue weighted by atomic mass is 9.94. The van der Waals surface area contributed by atoms with Crippen LogP contribution in [0.15, 0.2) is 83.0 Å². The van der Waals surface area contributed by atoms with Gasteiger partial charge in [-0.3, -0.25) is 14.5 Å². The zero-order chi connectivity index (χ0) is 23.3. The quantitative estimate of drug-likeness (QED) is 0.200. The first-order chi connectivity index (χ1) is 15.9. The van der Waals surface area contributed by atoms with E-state index in [0.29, 0.717) is 11.3 Å². The molecule has 0 spiro atoms. The second-order valence-corrected chi connectivity index (χ2v) is 9.06. The number of anilines is 1. The Balaban J connectivity index is 1.80. The summed E-state index contributed by atoms with van der Waals surface area (Å²) < 4.78 is 0.896. The number of aryl methyl sites for hydroxylation is 2. The fourth-order valence-corrected chi connectivity index (χ4v) is 4.72. The van der Waals surface area contributed by atoms with E-state index >= 15 is 0 Å². The summed E-state index contributed by atoms with van der Waals surface area (Å²) >= 11 is 3.47. The van der Waals surface area contributed by atoms with Crippen LogP contribution in [0.2, 0.25) is 0 Å². The first-order valence-corrected chi connectivity index (χ1v) is 11.4. The number of aromatic amines is 1. The van der Waals surface area contributed by atoms with Crippen LogP contribution in [0.5, 0.6) is 0 Å². The number of benzene rings is 3. The molecule has 0 radical (unpaired) electrons. The highest BCUT2D eigenvalue weighted by Crippen LogP contribution is 2.45. The molecule has 0 saturated carbocycles. The van der Waals surface area contributed by atoms with Crippen molar-refractivity contribution < 1.29 is 14.7 Å². The van der Waals surface area contributed by atoms with Gasteiger partial charge in [0.15, 0.2) is 0 Å². The van der Waals surface area contributed by atoms with Gasteiger partial charge in [0.2, 0.25) is 0 Å². The number of Topliss-reactive ketones (excluding diaryl/α,β-unsaturated/α-hetero) is 1. The van der Waals surface area contributed by atoms with Crippen LogP contribution in [-0.2, 0) is 9.59 Å². The third-order valence-electron chi connectivity index (χ3n) is 6.17. The standard InChI is InChI=1S/C27H21BrN2O3/c1-15-7-3-6-10-22(15)30-24(19-14-29-21-9-5-4-8-18(19)21)23(26(32)27(30)33)25(31)17-11-12-20(28)16(2)13-17/h3-14,24,29,31H,1-2H3/b25-23+. The van der Waals surface area contributed by atoms with E-state index in [1.807, 2.05) is 74.6 Å². The summed E-state index contributed by atoms with van der Waals surface area (Å²) in [5.74, 6) is -1.54. The molecule has 164 valence electrons. The molecule has 3 aromatic carbocycles. The molecule has 2 N–H and O–H groups in total. The number of amides is 1.